The van der Waals surface area contributed by atoms with Crippen molar-refractivity contribution < 1.29 is 4.79 Å². The van der Waals surface area contributed by atoms with Crippen LogP contribution in [0.25, 0.3) is 11.4 Å². The number of nitrogens with one attached hydrogen (secondary N) is 2. The Hall–Kier alpha value is -2.88. The summed E-state index contributed by atoms with van der Waals surface area (Å²) in [5, 5.41) is 2.88. The van der Waals surface area contributed by atoms with Crippen molar-refractivity contribution in [2.75, 3.05) is 5.32 Å². The minimum absolute atomic E-state index is 0.111. The summed E-state index contributed by atoms with van der Waals surface area (Å²) in [6, 6.07) is 16.8. The maximum atomic E-state index is 12.1. The van der Waals surface area contributed by atoms with Gasteiger partial charge in [0.25, 0.3) is 5.91 Å². The largest absolute Gasteiger partial charge is 0.342 e. The lowest BCUT2D eigenvalue weighted by molar-refractivity contribution is 0.102. The van der Waals surface area contributed by atoms with Crippen LogP contribution >= 0.6 is 0 Å². The van der Waals surface area contributed by atoms with Crippen molar-refractivity contribution >= 4 is 11.6 Å². The number of aromatic amines is 1. The molecule has 22 heavy (non-hydrogen) atoms. The van der Waals surface area contributed by atoms with Crippen molar-refractivity contribution in [2.45, 2.75) is 13.3 Å². The van der Waals surface area contributed by atoms with Crippen LogP contribution in [0, 0.1) is 0 Å². The molecule has 0 spiro atoms. The molecule has 1 heterocycles. The van der Waals surface area contributed by atoms with Crippen LogP contribution in [-0.2, 0) is 6.42 Å². The smallest absolute Gasteiger partial charge is 0.255 e. The van der Waals surface area contributed by atoms with E-state index in [0.29, 0.717) is 5.56 Å². The van der Waals surface area contributed by atoms with E-state index < -0.39 is 0 Å². The van der Waals surface area contributed by atoms with Crippen molar-refractivity contribution in [3.05, 3.63) is 72.1 Å². The minimum atomic E-state index is -0.111. The summed E-state index contributed by atoms with van der Waals surface area (Å²) in [5.41, 5.74) is 3.51. The Morgan fingerprint density at radius 2 is 1.82 bits per heavy atom. The van der Waals surface area contributed by atoms with Gasteiger partial charge in [-0.15, -0.1) is 0 Å². The van der Waals surface area contributed by atoms with Crippen molar-refractivity contribution in [1.29, 1.82) is 0 Å². The van der Waals surface area contributed by atoms with E-state index in [1.54, 1.807) is 12.1 Å². The molecule has 0 saturated heterocycles. The Bertz CT molecular complexity index is 761. The average Bonchev–Trinajstić information content (AvgIpc) is 3.05. The van der Waals surface area contributed by atoms with E-state index in [2.05, 4.69) is 22.2 Å². The number of imidazole rings is 1. The highest BCUT2D eigenvalue weighted by Gasteiger charge is 2.06. The quantitative estimate of drug-likeness (QED) is 0.766. The lowest BCUT2D eigenvalue weighted by atomic mass is 10.1. The summed E-state index contributed by atoms with van der Waals surface area (Å²) in [6.07, 6.45) is 2.78. The molecule has 0 unspecified atom stereocenters. The molecule has 4 heteroatoms. The number of nitrogens with zero attached hydrogens (tertiary/aromatic N) is 1. The molecule has 110 valence electrons. The van der Waals surface area contributed by atoms with Gasteiger partial charge in [0.1, 0.15) is 5.82 Å². The van der Waals surface area contributed by atoms with Crippen molar-refractivity contribution in [3.8, 4) is 11.4 Å². The molecule has 3 rings (SSSR count). The van der Waals surface area contributed by atoms with Gasteiger partial charge >= 0.3 is 0 Å². The predicted molar refractivity (Wildman–Crippen MR) is 87.8 cm³/mol. The minimum Gasteiger partial charge on any atom is -0.342 e. The van der Waals surface area contributed by atoms with Gasteiger partial charge in [-0.1, -0.05) is 25.1 Å². The zero-order valence-electron chi connectivity index (χ0n) is 12.3. The fourth-order valence-electron chi connectivity index (χ4n) is 2.19. The summed E-state index contributed by atoms with van der Waals surface area (Å²) in [4.78, 5) is 19.7. The lowest BCUT2D eigenvalue weighted by Crippen LogP contribution is -2.11. The number of aromatic nitrogens is 2. The molecule has 4 nitrogen and oxygen atoms in total. The SMILES string of the molecule is CCc1cnc(-c2ccc(NC(=O)c3ccccc3)cc2)[nH]1. The van der Waals surface area contributed by atoms with Crippen LogP contribution in [0.3, 0.4) is 0 Å². The Labute approximate surface area is 129 Å². The summed E-state index contributed by atoms with van der Waals surface area (Å²) in [5.74, 6) is 0.734. The van der Waals surface area contributed by atoms with Gasteiger partial charge in [-0.3, -0.25) is 4.79 Å². The first-order valence-corrected chi connectivity index (χ1v) is 7.27. The highest BCUT2D eigenvalue weighted by atomic mass is 16.1. The monoisotopic (exact) mass is 291 g/mol. The van der Waals surface area contributed by atoms with Gasteiger partial charge in [0.05, 0.1) is 0 Å². The third kappa shape index (κ3) is 3.06. The Balaban J connectivity index is 1.73. The summed E-state index contributed by atoms with van der Waals surface area (Å²) < 4.78 is 0. The molecule has 1 aromatic heterocycles. The van der Waals surface area contributed by atoms with Crippen LogP contribution in [0.2, 0.25) is 0 Å². The molecular formula is C18H17N3O. The fourth-order valence-corrected chi connectivity index (χ4v) is 2.19. The van der Waals surface area contributed by atoms with E-state index in [9.17, 15) is 4.79 Å². The second-order valence-electron chi connectivity index (χ2n) is 5.01. The number of H-pyrrole nitrogens is 1. The molecule has 3 aromatic rings. The van der Waals surface area contributed by atoms with Crippen molar-refractivity contribution in [1.82, 2.24) is 9.97 Å². The molecule has 0 fully saturated rings. The van der Waals surface area contributed by atoms with Gasteiger partial charge in [-0.2, -0.15) is 0 Å². The van der Waals surface area contributed by atoms with Crippen LogP contribution in [-0.4, -0.2) is 15.9 Å². The molecule has 0 bridgehead atoms. The average molecular weight is 291 g/mol. The van der Waals surface area contributed by atoms with Crippen LogP contribution in [0.4, 0.5) is 5.69 Å². The van der Waals surface area contributed by atoms with Crippen molar-refractivity contribution in [2.24, 2.45) is 0 Å². The van der Waals surface area contributed by atoms with Gasteiger partial charge < -0.3 is 10.3 Å². The third-order valence-corrected chi connectivity index (χ3v) is 3.46. The third-order valence-electron chi connectivity index (χ3n) is 3.46. The number of benzene rings is 2. The Morgan fingerprint density at radius 3 is 2.45 bits per heavy atom. The number of carbonyl (C=O) groups is 1. The lowest BCUT2D eigenvalue weighted by Gasteiger charge is -2.06. The maximum Gasteiger partial charge on any atom is 0.255 e. The van der Waals surface area contributed by atoms with E-state index in [4.69, 9.17) is 0 Å². The number of hydrogen-bond donors (Lipinski definition) is 2. The van der Waals surface area contributed by atoms with Gasteiger partial charge in [0.2, 0.25) is 0 Å². The topological polar surface area (TPSA) is 57.8 Å². The highest BCUT2D eigenvalue weighted by Crippen LogP contribution is 2.19. The normalized spacial score (nSPS) is 10.4. The molecule has 0 atom stereocenters. The molecule has 0 radical (unpaired) electrons. The van der Waals surface area contributed by atoms with Crippen molar-refractivity contribution in [3.63, 3.8) is 0 Å². The molecule has 0 aliphatic carbocycles. The standard InChI is InChI=1S/C18H17N3O/c1-2-15-12-19-17(20-15)13-8-10-16(11-9-13)21-18(22)14-6-4-3-5-7-14/h3-12H,2H2,1H3,(H,19,20)(H,21,22). The second kappa shape index (κ2) is 6.26. The summed E-state index contributed by atoms with van der Waals surface area (Å²) >= 11 is 0. The second-order valence-corrected chi connectivity index (χ2v) is 5.01. The van der Waals surface area contributed by atoms with E-state index in [-0.39, 0.29) is 5.91 Å². The van der Waals surface area contributed by atoms with Crippen LogP contribution in [0.1, 0.15) is 23.0 Å². The zero-order valence-corrected chi connectivity index (χ0v) is 12.3. The van der Waals surface area contributed by atoms with Gasteiger partial charge in [0.15, 0.2) is 0 Å². The molecular weight excluding hydrogens is 274 g/mol. The molecule has 0 aliphatic heterocycles. The highest BCUT2D eigenvalue weighted by molar-refractivity contribution is 6.04. The first-order valence-electron chi connectivity index (χ1n) is 7.27. The fraction of sp³-hybridized carbons (Fsp3) is 0.111. The summed E-state index contributed by atoms with van der Waals surface area (Å²) in [6.45, 7) is 2.08. The predicted octanol–water partition coefficient (Wildman–Crippen LogP) is 3.89. The van der Waals surface area contributed by atoms with Gasteiger partial charge in [0, 0.05) is 28.7 Å². The Kier molecular flexibility index (Phi) is 4.01. The Morgan fingerprint density at radius 1 is 1.09 bits per heavy atom. The van der Waals surface area contributed by atoms with Crippen LogP contribution in [0.5, 0.6) is 0 Å². The number of aryl methyl sites for hydroxylation is 1. The first kappa shape index (κ1) is 14.1. The number of carbonyl (C=O) groups excluding carboxylic acids is 1. The van der Waals surface area contributed by atoms with Gasteiger partial charge in [-0.25, -0.2) is 4.98 Å². The molecule has 0 saturated carbocycles. The molecule has 1 amide bonds. The number of anilines is 1. The molecule has 2 N–H and O–H groups in total. The number of amides is 1. The zero-order chi connectivity index (χ0) is 15.4. The van der Waals surface area contributed by atoms with Gasteiger partial charge in [-0.05, 0) is 42.8 Å². The number of rotatable bonds is 4. The van der Waals surface area contributed by atoms with Crippen LogP contribution in [0.15, 0.2) is 60.8 Å². The number of hydrogen-bond acceptors (Lipinski definition) is 2. The van der Waals surface area contributed by atoms with E-state index in [0.717, 1.165) is 29.2 Å². The van der Waals surface area contributed by atoms with Crippen LogP contribution < -0.4 is 5.32 Å². The van der Waals surface area contributed by atoms with E-state index in [1.165, 1.54) is 0 Å². The first-order chi connectivity index (χ1) is 10.8. The molecule has 0 aliphatic rings. The molecule has 2 aromatic carbocycles. The maximum absolute atomic E-state index is 12.1. The summed E-state index contributed by atoms with van der Waals surface area (Å²) in [7, 11) is 0. The van der Waals surface area contributed by atoms with E-state index in [1.807, 2.05) is 48.7 Å². The van der Waals surface area contributed by atoms with E-state index >= 15 is 0 Å².